The van der Waals surface area contributed by atoms with Gasteiger partial charge in [-0.3, -0.25) is 4.79 Å². The lowest BCUT2D eigenvalue weighted by molar-refractivity contribution is -0.118. The minimum absolute atomic E-state index is 0.0160. The Morgan fingerprint density at radius 1 is 0.975 bits per heavy atom. The third kappa shape index (κ3) is 5.28. The maximum absolute atomic E-state index is 13.2. The number of nitrogens with one attached hydrogen (secondary N) is 4. The molecule has 1 aliphatic heterocycles. The SMILES string of the molecule is Cc1ccc(C2(C(=O)Nc3ccc(-c4cnc5nc4NCCCNS(=O)(=O)c4cccc(c4)N5)cc3)CC2)cc1. The van der Waals surface area contributed by atoms with Crippen molar-refractivity contribution in [3.63, 3.8) is 0 Å². The van der Waals surface area contributed by atoms with Gasteiger partial charge in [0.05, 0.1) is 10.3 Å². The van der Waals surface area contributed by atoms with E-state index in [9.17, 15) is 13.2 Å². The first-order valence-electron chi connectivity index (χ1n) is 13.3. The minimum atomic E-state index is -3.61. The molecular weight excluding hydrogens is 524 g/mol. The van der Waals surface area contributed by atoms with Crippen LogP contribution in [-0.4, -0.2) is 37.4 Å². The van der Waals surface area contributed by atoms with Gasteiger partial charge < -0.3 is 16.0 Å². The smallest absolute Gasteiger partial charge is 0.240 e. The summed E-state index contributed by atoms with van der Waals surface area (Å²) < 4.78 is 27.9. The maximum atomic E-state index is 13.2. The molecule has 9 nitrogen and oxygen atoms in total. The summed E-state index contributed by atoms with van der Waals surface area (Å²) in [5, 5.41) is 9.53. The van der Waals surface area contributed by atoms with Gasteiger partial charge in [-0.15, -0.1) is 0 Å². The molecule has 3 aromatic carbocycles. The van der Waals surface area contributed by atoms with Crippen molar-refractivity contribution in [3.05, 3.63) is 90.1 Å². The van der Waals surface area contributed by atoms with Gasteiger partial charge in [-0.05, 0) is 67.6 Å². The second-order valence-corrected chi connectivity index (χ2v) is 12.0. The number of anilines is 4. The number of hydrogen-bond acceptors (Lipinski definition) is 7. The Morgan fingerprint density at radius 2 is 1.75 bits per heavy atom. The lowest BCUT2D eigenvalue weighted by Gasteiger charge is -2.17. The number of fused-ring (bicyclic) bond motifs is 4. The number of sulfonamides is 1. The molecule has 4 bridgehead atoms. The van der Waals surface area contributed by atoms with Crippen LogP contribution in [0.1, 0.15) is 30.4 Å². The highest BCUT2D eigenvalue weighted by Gasteiger charge is 2.51. The summed E-state index contributed by atoms with van der Waals surface area (Å²) in [7, 11) is -3.61. The zero-order valence-corrected chi connectivity index (χ0v) is 22.9. The molecular formula is C30H30N6O3S. The fourth-order valence-electron chi connectivity index (χ4n) is 4.87. The summed E-state index contributed by atoms with van der Waals surface area (Å²) in [4.78, 5) is 22.5. The van der Waals surface area contributed by atoms with Crippen LogP contribution >= 0.6 is 0 Å². The second kappa shape index (κ2) is 10.4. The molecule has 1 aliphatic carbocycles. The largest absolute Gasteiger partial charge is 0.369 e. The van der Waals surface area contributed by atoms with Gasteiger partial charge in [-0.25, -0.2) is 18.1 Å². The van der Waals surface area contributed by atoms with Gasteiger partial charge in [0.15, 0.2) is 0 Å². The first-order chi connectivity index (χ1) is 19.3. The molecule has 0 radical (unpaired) electrons. The molecule has 0 spiro atoms. The van der Waals surface area contributed by atoms with Crippen LogP contribution in [0.4, 0.5) is 23.1 Å². The number of nitrogens with zero attached hydrogens (tertiary/aromatic N) is 2. The molecule has 0 atom stereocenters. The molecule has 0 saturated heterocycles. The van der Waals surface area contributed by atoms with Crippen molar-refractivity contribution >= 4 is 39.1 Å². The lowest BCUT2D eigenvalue weighted by atomic mass is 9.94. The molecule has 1 saturated carbocycles. The predicted molar refractivity (Wildman–Crippen MR) is 156 cm³/mol. The lowest BCUT2D eigenvalue weighted by Crippen LogP contribution is -2.27. The van der Waals surface area contributed by atoms with Gasteiger partial charge in [-0.1, -0.05) is 48.0 Å². The second-order valence-electron chi connectivity index (χ2n) is 10.3. The van der Waals surface area contributed by atoms with Crippen molar-refractivity contribution < 1.29 is 13.2 Å². The van der Waals surface area contributed by atoms with Crippen LogP contribution in [0.5, 0.6) is 0 Å². The van der Waals surface area contributed by atoms with Crippen LogP contribution in [0.25, 0.3) is 11.1 Å². The first kappa shape index (κ1) is 26.0. The van der Waals surface area contributed by atoms with E-state index in [1.54, 1.807) is 30.5 Å². The summed E-state index contributed by atoms with van der Waals surface area (Å²) in [5.41, 5.74) is 4.77. The third-order valence-electron chi connectivity index (χ3n) is 7.37. The van der Waals surface area contributed by atoms with E-state index in [2.05, 4.69) is 42.8 Å². The summed E-state index contributed by atoms with van der Waals surface area (Å²) in [6.45, 7) is 2.85. The molecule has 10 heteroatoms. The van der Waals surface area contributed by atoms with Crippen LogP contribution < -0.4 is 20.7 Å². The van der Waals surface area contributed by atoms with E-state index in [-0.39, 0.29) is 10.8 Å². The Labute approximate surface area is 233 Å². The van der Waals surface area contributed by atoms with Crippen molar-refractivity contribution in [2.45, 2.75) is 36.5 Å². The number of aromatic nitrogens is 2. The summed E-state index contributed by atoms with van der Waals surface area (Å²) in [6.07, 6.45) is 4.00. The number of benzene rings is 3. The molecule has 204 valence electrons. The Kier molecular flexibility index (Phi) is 6.73. The Bertz CT molecular complexity index is 1670. The normalized spacial score (nSPS) is 17.1. The minimum Gasteiger partial charge on any atom is -0.369 e. The third-order valence-corrected chi connectivity index (χ3v) is 8.83. The molecule has 6 rings (SSSR count). The highest BCUT2D eigenvalue weighted by Crippen LogP contribution is 2.49. The van der Waals surface area contributed by atoms with Crippen LogP contribution in [0, 0.1) is 6.92 Å². The topological polar surface area (TPSA) is 125 Å². The van der Waals surface area contributed by atoms with Gasteiger partial charge in [-0.2, -0.15) is 4.98 Å². The number of rotatable bonds is 4. The molecule has 0 unspecified atom stereocenters. The van der Waals surface area contributed by atoms with E-state index in [0.29, 0.717) is 37.0 Å². The number of carbonyl (C=O) groups excluding carboxylic acids is 1. The summed E-state index contributed by atoms with van der Waals surface area (Å²) in [6, 6.07) is 22.4. The number of hydrogen-bond donors (Lipinski definition) is 4. The van der Waals surface area contributed by atoms with E-state index < -0.39 is 15.4 Å². The summed E-state index contributed by atoms with van der Waals surface area (Å²) >= 11 is 0. The van der Waals surface area contributed by atoms with Gasteiger partial charge in [0.25, 0.3) is 0 Å². The van der Waals surface area contributed by atoms with Crippen LogP contribution in [0.2, 0.25) is 0 Å². The van der Waals surface area contributed by atoms with Crippen LogP contribution in [-0.2, 0) is 20.2 Å². The average Bonchev–Trinajstić information content (AvgIpc) is 3.76. The predicted octanol–water partition coefficient (Wildman–Crippen LogP) is 4.96. The fraction of sp³-hybridized carbons (Fsp3) is 0.233. The molecule has 1 amide bonds. The van der Waals surface area contributed by atoms with Crippen molar-refractivity contribution in [1.82, 2.24) is 14.7 Å². The molecule has 4 aromatic rings. The standard InChI is InChI=1S/C30H30N6O3S/c1-20-6-10-22(11-7-20)30(14-15-30)28(37)34-23-12-8-21(9-13-23)26-19-32-29-35-24-4-2-5-25(18-24)40(38,39)33-17-3-16-31-27(26)36-29/h2,4-13,18-19,33H,3,14-17H2,1H3,(H,34,37)(H2,31,32,35,36). The maximum Gasteiger partial charge on any atom is 0.240 e. The van der Waals surface area contributed by atoms with E-state index in [1.165, 1.54) is 5.56 Å². The molecule has 40 heavy (non-hydrogen) atoms. The number of aryl methyl sites for hydroxylation is 1. The van der Waals surface area contributed by atoms with E-state index in [4.69, 9.17) is 0 Å². The van der Waals surface area contributed by atoms with E-state index in [1.807, 2.05) is 43.3 Å². The molecule has 2 heterocycles. The molecule has 1 aromatic heterocycles. The zero-order valence-electron chi connectivity index (χ0n) is 22.1. The highest BCUT2D eigenvalue weighted by atomic mass is 32.2. The van der Waals surface area contributed by atoms with E-state index in [0.717, 1.165) is 35.2 Å². The Morgan fingerprint density at radius 3 is 2.50 bits per heavy atom. The van der Waals surface area contributed by atoms with Crippen molar-refractivity contribution in [1.29, 1.82) is 0 Å². The highest BCUT2D eigenvalue weighted by molar-refractivity contribution is 7.89. The molecule has 1 fully saturated rings. The first-order valence-corrected chi connectivity index (χ1v) is 14.8. The number of carbonyl (C=O) groups is 1. The Balaban J connectivity index is 1.22. The number of amides is 1. The quantitative estimate of drug-likeness (QED) is 0.281. The van der Waals surface area contributed by atoms with Gasteiger partial charge in [0, 0.05) is 36.2 Å². The average molecular weight is 555 g/mol. The molecule has 4 N–H and O–H groups in total. The Hall–Kier alpha value is -4.28. The van der Waals surface area contributed by atoms with Gasteiger partial charge in [0.1, 0.15) is 5.82 Å². The monoisotopic (exact) mass is 554 g/mol. The summed E-state index contributed by atoms with van der Waals surface area (Å²) in [5.74, 6) is 0.994. The van der Waals surface area contributed by atoms with Crippen molar-refractivity contribution in [2.24, 2.45) is 0 Å². The molecule has 2 aliphatic rings. The van der Waals surface area contributed by atoms with Gasteiger partial charge >= 0.3 is 0 Å². The van der Waals surface area contributed by atoms with Crippen molar-refractivity contribution in [2.75, 3.05) is 29.0 Å². The van der Waals surface area contributed by atoms with E-state index >= 15 is 0 Å². The van der Waals surface area contributed by atoms with Gasteiger partial charge in [0.2, 0.25) is 21.9 Å². The van der Waals surface area contributed by atoms with Crippen LogP contribution in [0.15, 0.2) is 83.9 Å². The fourth-order valence-corrected chi connectivity index (χ4v) is 5.99. The van der Waals surface area contributed by atoms with Crippen LogP contribution in [0.3, 0.4) is 0 Å². The van der Waals surface area contributed by atoms with Crippen molar-refractivity contribution in [3.8, 4) is 11.1 Å². The zero-order chi connectivity index (χ0) is 27.7.